The Balaban J connectivity index is 1.37. The third-order valence-electron chi connectivity index (χ3n) is 6.50. The number of aryl methyl sites for hydroxylation is 1. The van der Waals surface area contributed by atoms with E-state index in [0.29, 0.717) is 21.9 Å². The van der Waals surface area contributed by atoms with Gasteiger partial charge < -0.3 is 9.88 Å². The topological polar surface area (TPSA) is 79.7 Å². The molecule has 2 fully saturated rings. The molecule has 0 unspecified atom stereocenters. The van der Waals surface area contributed by atoms with Crippen molar-refractivity contribution >= 4 is 22.6 Å². The molecule has 1 amide bonds. The second kappa shape index (κ2) is 6.94. The molecule has 32 heavy (non-hydrogen) atoms. The first-order valence-corrected chi connectivity index (χ1v) is 10.6. The van der Waals surface area contributed by atoms with Gasteiger partial charge in [-0.3, -0.25) is 9.78 Å². The van der Waals surface area contributed by atoms with Gasteiger partial charge in [-0.2, -0.15) is 13.9 Å². The van der Waals surface area contributed by atoms with Crippen molar-refractivity contribution in [2.45, 2.75) is 32.4 Å². The van der Waals surface area contributed by atoms with Crippen molar-refractivity contribution in [1.29, 1.82) is 0 Å². The number of β-lactam (4-membered cyclic amide) rings is 1. The molecule has 1 N–H and O–H groups in total. The molecule has 7 nitrogen and oxygen atoms in total. The van der Waals surface area contributed by atoms with Crippen LogP contribution in [0.4, 0.5) is 14.5 Å². The average molecular weight is 434 g/mol. The number of alkyl halides is 2. The maximum absolute atomic E-state index is 13.2. The highest BCUT2D eigenvalue weighted by molar-refractivity contribution is 6.04. The van der Waals surface area contributed by atoms with E-state index in [0.717, 1.165) is 40.8 Å². The van der Waals surface area contributed by atoms with Crippen LogP contribution in [0.25, 0.3) is 22.3 Å². The lowest BCUT2D eigenvalue weighted by Crippen LogP contribution is -2.56. The monoisotopic (exact) mass is 434 g/mol. The Hall–Kier alpha value is -3.62. The van der Waals surface area contributed by atoms with Gasteiger partial charge in [-0.25, -0.2) is 9.67 Å². The number of rotatable bonds is 5. The summed E-state index contributed by atoms with van der Waals surface area (Å²) >= 11 is 0. The Morgan fingerprint density at radius 2 is 2.03 bits per heavy atom. The van der Waals surface area contributed by atoms with E-state index in [1.54, 1.807) is 6.33 Å². The minimum Gasteiger partial charge on any atom is -0.345 e. The van der Waals surface area contributed by atoms with E-state index < -0.39 is 6.55 Å². The molecule has 2 atom stereocenters. The molecule has 6 rings (SSSR count). The number of carbonyl (C=O) groups is 1. The Morgan fingerprint density at radius 3 is 2.75 bits per heavy atom. The first-order valence-electron chi connectivity index (χ1n) is 10.6. The van der Waals surface area contributed by atoms with Gasteiger partial charge in [-0.15, -0.1) is 0 Å². The average Bonchev–Trinajstić information content (AvgIpc) is 3.26. The normalized spacial score (nSPS) is 20.9. The Kier molecular flexibility index (Phi) is 4.14. The van der Waals surface area contributed by atoms with Gasteiger partial charge in [0.05, 0.1) is 41.2 Å². The van der Waals surface area contributed by atoms with E-state index in [-0.39, 0.29) is 17.9 Å². The van der Waals surface area contributed by atoms with E-state index >= 15 is 0 Å². The summed E-state index contributed by atoms with van der Waals surface area (Å²) in [5.41, 5.74) is 5.42. The number of fused-ring (bicyclic) bond motifs is 1. The minimum absolute atomic E-state index is 0.0576. The molecule has 4 aromatic rings. The standard InChI is InChI=1S/C23H20F2N6O/c1-12-16(5-7-17(29-12)14-9-28-30(10-14)23(24)25)21-20(13-2-3-13)22(32)31(21)15-4-6-18-19(8-15)27-11-26-18/h4-11,13,20-21,23H,2-3H2,1H3,(H,26,27)/t20-,21+/m0/s1. The number of H-pyrrole nitrogens is 1. The largest absolute Gasteiger partial charge is 0.345 e. The summed E-state index contributed by atoms with van der Waals surface area (Å²) < 4.78 is 26.4. The highest BCUT2D eigenvalue weighted by Gasteiger charge is 2.55. The van der Waals surface area contributed by atoms with E-state index in [1.807, 2.05) is 42.2 Å². The summed E-state index contributed by atoms with van der Waals surface area (Å²) in [6.45, 7) is -0.789. The highest BCUT2D eigenvalue weighted by Crippen LogP contribution is 2.54. The van der Waals surface area contributed by atoms with Crippen LogP contribution in [0.15, 0.2) is 49.1 Å². The number of aromatic nitrogens is 5. The number of hydrogen-bond donors (Lipinski definition) is 1. The van der Waals surface area contributed by atoms with E-state index in [2.05, 4.69) is 20.1 Å². The van der Waals surface area contributed by atoms with Gasteiger partial charge >= 0.3 is 6.55 Å². The molecular formula is C23H20F2N6O. The van der Waals surface area contributed by atoms with Crippen LogP contribution in [0.1, 0.15) is 36.7 Å². The molecule has 0 bridgehead atoms. The number of hydrogen-bond acceptors (Lipinski definition) is 4. The smallest absolute Gasteiger partial charge is 0.333 e. The maximum Gasteiger partial charge on any atom is 0.333 e. The van der Waals surface area contributed by atoms with Crippen molar-refractivity contribution < 1.29 is 13.6 Å². The van der Waals surface area contributed by atoms with Crippen molar-refractivity contribution in [3.05, 3.63) is 60.3 Å². The number of nitrogens with zero attached hydrogens (tertiary/aromatic N) is 5. The fourth-order valence-corrected chi connectivity index (χ4v) is 4.74. The number of anilines is 1. The summed E-state index contributed by atoms with van der Waals surface area (Å²) in [7, 11) is 0. The van der Waals surface area contributed by atoms with Gasteiger partial charge in [0.2, 0.25) is 5.91 Å². The molecular weight excluding hydrogens is 414 g/mol. The van der Waals surface area contributed by atoms with Crippen LogP contribution in [-0.4, -0.2) is 30.6 Å². The number of amides is 1. The van der Waals surface area contributed by atoms with Gasteiger partial charge in [0, 0.05) is 23.1 Å². The molecule has 4 heterocycles. The van der Waals surface area contributed by atoms with Crippen LogP contribution >= 0.6 is 0 Å². The molecule has 0 radical (unpaired) electrons. The zero-order valence-electron chi connectivity index (χ0n) is 17.2. The van der Waals surface area contributed by atoms with Gasteiger partial charge in [-0.1, -0.05) is 6.07 Å². The molecule has 1 saturated heterocycles. The van der Waals surface area contributed by atoms with Crippen LogP contribution in [0.3, 0.4) is 0 Å². The molecule has 3 aromatic heterocycles. The molecule has 2 aliphatic rings. The number of pyridine rings is 1. The fraction of sp³-hybridized carbons (Fsp3) is 0.304. The number of imidazole rings is 1. The van der Waals surface area contributed by atoms with Crippen molar-refractivity contribution in [2.24, 2.45) is 11.8 Å². The molecule has 1 saturated carbocycles. The van der Waals surface area contributed by atoms with Gasteiger partial charge in [0.15, 0.2) is 0 Å². The Bertz CT molecular complexity index is 1340. The van der Waals surface area contributed by atoms with E-state index in [9.17, 15) is 13.6 Å². The van der Waals surface area contributed by atoms with Crippen molar-refractivity contribution in [1.82, 2.24) is 24.7 Å². The molecule has 1 aliphatic heterocycles. The number of carbonyl (C=O) groups excluding carboxylic acids is 1. The molecule has 1 aliphatic carbocycles. The Morgan fingerprint density at radius 1 is 1.19 bits per heavy atom. The molecule has 9 heteroatoms. The molecule has 1 aromatic carbocycles. The second-order valence-electron chi connectivity index (χ2n) is 8.48. The number of aromatic amines is 1. The van der Waals surface area contributed by atoms with E-state index in [4.69, 9.17) is 0 Å². The highest BCUT2D eigenvalue weighted by atomic mass is 19.3. The minimum atomic E-state index is -2.69. The van der Waals surface area contributed by atoms with Gasteiger partial charge in [0.25, 0.3) is 0 Å². The summed E-state index contributed by atoms with van der Waals surface area (Å²) in [4.78, 5) is 27.1. The predicted octanol–water partition coefficient (Wildman–Crippen LogP) is 4.64. The summed E-state index contributed by atoms with van der Waals surface area (Å²) in [5.74, 6) is 0.480. The third-order valence-corrected chi connectivity index (χ3v) is 6.50. The lowest BCUT2D eigenvalue weighted by molar-refractivity contribution is -0.131. The third kappa shape index (κ3) is 2.91. The summed E-state index contributed by atoms with van der Waals surface area (Å²) in [6.07, 6.45) is 6.45. The van der Waals surface area contributed by atoms with Gasteiger partial charge in [-0.05, 0) is 55.5 Å². The summed E-state index contributed by atoms with van der Waals surface area (Å²) in [6, 6.07) is 9.47. The zero-order valence-corrected chi connectivity index (χ0v) is 17.2. The van der Waals surface area contributed by atoms with E-state index in [1.165, 1.54) is 12.4 Å². The van der Waals surface area contributed by atoms with Crippen LogP contribution < -0.4 is 4.90 Å². The lowest BCUT2D eigenvalue weighted by atomic mass is 9.78. The number of nitrogens with one attached hydrogen (secondary N) is 1. The van der Waals surface area contributed by atoms with Crippen LogP contribution in [0, 0.1) is 18.8 Å². The first kappa shape index (κ1) is 19.1. The number of halogens is 2. The zero-order chi connectivity index (χ0) is 22.0. The molecule has 0 spiro atoms. The SMILES string of the molecule is Cc1nc(-c2cnn(C(F)F)c2)ccc1[C@@H]1[C@H](C2CC2)C(=O)N1c1ccc2[nH]cnc2c1. The Labute approximate surface area is 182 Å². The quantitative estimate of drug-likeness (QED) is 0.464. The van der Waals surface area contributed by atoms with Crippen molar-refractivity contribution in [3.8, 4) is 11.3 Å². The fourth-order valence-electron chi connectivity index (χ4n) is 4.74. The maximum atomic E-state index is 13.2. The second-order valence-corrected chi connectivity index (χ2v) is 8.48. The van der Waals surface area contributed by atoms with Gasteiger partial charge in [0.1, 0.15) is 0 Å². The lowest BCUT2D eigenvalue weighted by Gasteiger charge is -2.48. The first-order chi connectivity index (χ1) is 15.5. The van der Waals surface area contributed by atoms with Crippen LogP contribution in [0.2, 0.25) is 0 Å². The predicted molar refractivity (Wildman–Crippen MR) is 114 cm³/mol. The summed E-state index contributed by atoms with van der Waals surface area (Å²) in [5, 5.41) is 3.70. The van der Waals surface area contributed by atoms with Crippen molar-refractivity contribution in [3.63, 3.8) is 0 Å². The van der Waals surface area contributed by atoms with Crippen LogP contribution in [-0.2, 0) is 4.79 Å². The molecule has 162 valence electrons. The number of benzene rings is 1. The van der Waals surface area contributed by atoms with Crippen molar-refractivity contribution in [2.75, 3.05) is 4.90 Å². The van der Waals surface area contributed by atoms with Crippen LogP contribution in [0.5, 0.6) is 0 Å².